The van der Waals surface area contributed by atoms with Crippen molar-refractivity contribution in [3.05, 3.63) is 69.9 Å². The average Bonchev–Trinajstić information content (AvgIpc) is 2.68. The molecule has 0 spiro atoms. The van der Waals surface area contributed by atoms with Gasteiger partial charge >= 0.3 is 0 Å². The monoisotopic (exact) mass is 363 g/mol. The Morgan fingerprint density at radius 2 is 1.96 bits per heavy atom. The first-order valence-electron chi connectivity index (χ1n) is 7.50. The lowest BCUT2D eigenvalue weighted by molar-refractivity contribution is -0.384. The maximum atomic E-state index is 12.3. The van der Waals surface area contributed by atoms with Crippen LogP contribution in [0.25, 0.3) is 0 Å². The summed E-state index contributed by atoms with van der Waals surface area (Å²) in [6.07, 6.45) is 1.17. The van der Waals surface area contributed by atoms with Crippen molar-refractivity contribution in [1.82, 2.24) is 0 Å². The Morgan fingerprint density at radius 1 is 1.22 bits per heavy atom. The molecule has 27 heavy (non-hydrogen) atoms. The van der Waals surface area contributed by atoms with Gasteiger partial charge in [0.2, 0.25) is 0 Å². The summed E-state index contributed by atoms with van der Waals surface area (Å²) < 4.78 is 5.04. The Kier molecular flexibility index (Phi) is 6.07. The lowest BCUT2D eigenvalue weighted by Gasteiger charge is -2.10. The Labute approximate surface area is 154 Å². The molecule has 0 aliphatic heterocycles. The van der Waals surface area contributed by atoms with E-state index < -0.39 is 10.8 Å². The summed E-state index contributed by atoms with van der Waals surface area (Å²) in [5, 5.41) is 34.3. The third-order valence-electron chi connectivity index (χ3n) is 3.43. The minimum atomic E-state index is -0.744. The summed E-state index contributed by atoms with van der Waals surface area (Å²) in [6, 6.07) is 14.0. The molecular formula is C18H13N5O4. The minimum Gasteiger partial charge on any atom is -0.494 e. The van der Waals surface area contributed by atoms with Crippen LogP contribution in [0, 0.1) is 32.8 Å². The highest BCUT2D eigenvalue weighted by Crippen LogP contribution is 2.29. The Bertz CT molecular complexity index is 1000. The van der Waals surface area contributed by atoms with Gasteiger partial charge in [0.05, 0.1) is 35.0 Å². The predicted molar refractivity (Wildman–Crippen MR) is 96.8 cm³/mol. The molecule has 0 bridgehead atoms. The van der Waals surface area contributed by atoms with Crippen LogP contribution in [0.15, 0.2) is 54.2 Å². The van der Waals surface area contributed by atoms with Gasteiger partial charge in [-0.15, -0.1) is 0 Å². The molecule has 0 atom stereocenters. The van der Waals surface area contributed by atoms with Crippen LogP contribution in [0.4, 0.5) is 17.1 Å². The van der Waals surface area contributed by atoms with Crippen LogP contribution < -0.4 is 15.4 Å². The van der Waals surface area contributed by atoms with Crippen molar-refractivity contribution in [3.8, 4) is 17.9 Å². The first kappa shape index (κ1) is 19.0. The van der Waals surface area contributed by atoms with Crippen molar-refractivity contribution in [2.45, 2.75) is 0 Å². The van der Waals surface area contributed by atoms with Crippen molar-refractivity contribution < 1.29 is 14.5 Å². The highest BCUT2D eigenvalue weighted by atomic mass is 16.6. The number of benzene rings is 2. The van der Waals surface area contributed by atoms with E-state index in [-0.39, 0.29) is 22.7 Å². The van der Waals surface area contributed by atoms with Gasteiger partial charge in [-0.2, -0.15) is 10.5 Å². The molecular weight excluding hydrogens is 350 g/mol. The molecule has 2 N–H and O–H groups in total. The van der Waals surface area contributed by atoms with Crippen molar-refractivity contribution >= 4 is 23.0 Å². The van der Waals surface area contributed by atoms with Gasteiger partial charge in [0.25, 0.3) is 11.6 Å². The number of nitro benzene ring substituents is 1. The van der Waals surface area contributed by atoms with E-state index in [1.807, 2.05) is 6.07 Å². The van der Waals surface area contributed by atoms with E-state index in [1.54, 1.807) is 30.3 Å². The summed E-state index contributed by atoms with van der Waals surface area (Å²) in [7, 11) is 1.30. The highest BCUT2D eigenvalue weighted by molar-refractivity contribution is 6.07. The number of non-ortho nitro benzene ring substituents is 1. The van der Waals surface area contributed by atoms with Crippen LogP contribution in [-0.2, 0) is 4.79 Å². The van der Waals surface area contributed by atoms with E-state index in [9.17, 15) is 20.2 Å². The zero-order valence-electron chi connectivity index (χ0n) is 14.1. The summed E-state index contributed by atoms with van der Waals surface area (Å²) in [4.78, 5) is 22.5. The number of para-hydroxylation sites is 1. The van der Waals surface area contributed by atoms with E-state index in [2.05, 4.69) is 10.6 Å². The smallest absolute Gasteiger partial charge is 0.273 e. The number of rotatable bonds is 6. The molecule has 2 aromatic rings. The number of methoxy groups -OCH3 is 1. The number of carbonyl (C=O) groups is 1. The van der Waals surface area contributed by atoms with E-state index >= 15 is 0 Å². The number of nitriles is 2. The number of hydrogen-bond donors (Lipinski definition) is 2. The van der Waals surface area contributed by atoms with Crippen LogP contribution in [0.5, 0.6) is 5.75 Å². The van der Waals surface area contributed by atoms with Crippen LogP contribution >= 0.6 is 0 Å². The van der Waals surface area contributed by atoms with Gasteiger partial charge in [0, 0.05) is 12.3 Å². The van der Waals surface area contributed by atoms with E-state index in [1.165, 1.54) is 25.4 Å². The van der Waals surface area contributed by atoms with Gasteiger partial charge in [-0.3, -0.25) is 14.9 Å². The third kappa shape index (κ3) is 4.59. The molecule has 134 valence electrons. The zero-order chi connectivity index (χ0) is 19.8. The summed E-state index contributed by atoms with van der Waals surface area (Å²) >= 11 is 0. The number of nitrogens with one attached hydrogen (secondary N) is 2. The average molecular weight is 363 g/mol. The highest BCUT2D eigenvalue weighted by Gasteiger charge is 2.16. The fourth-order valence-corrected chi connectivity index (χ4v) is 2.09. The Morgan fingerprint density at radius 3 is 2.59 bits per heavy atom. The molecule has 0 aliphatic rings. The standard InChI is InChI=1S/C18H13N5O4/c1-27-17-8-14(23(25)26)6-7-16(17)22-18(24)13(10-20)11-21-15-5-3-2-4-12(15)9-19/h2-8,11,21H,1H3,(H,22,24)/b13-11-. The van der Waals surface area contributed by atoms with Crippen LogP contribution in [0.3, 0.4) is 0 Å². The lowest BCUT2D eigenvalue weighted by Crippen LogP contribution is -2.15. The van der Waals surface area contributed by atoms with E-state index in [0.29, 0.717) is 11.3 Å². The number of amides is 1. The second-order valence-corrected chi connectivity index (χ2v) is 5.07. The SMILES string of the molecule is COc1cc([N+](=O)[O-])ccc1NC(=O)/C(C#N)=C\Nc1ccccc1C#N. The molecule has 0 radical (unpaired) electrons. The zero-order valence-corrected chi connectivity index (χ0v) is 14.1. The van der Waals surface area contributed by atoms with Crippen molar-refractivity contribution in [3.63, 3.8) is 0 Å². The van der Waals surface area contributed by atoms with Gasteiger partial charge in [-0.1, -0.05) is 12.1 Å². The Balaban J connectivity index is 2.22. The maximum absolute atomic E-state index is 12.3. The van der Waals surface area contributed by atoms with Crippen molar-refractivity contribution in [2.75, 3.05) is 17.7 Å². The number of nitrogens with zero attached hydrogens (tertiary/aromatic N) is 3. The maximum Gasteiger partial charge on any atom is 0.273 e. The molecule has 1 amide bonds. The van der Waals surface area contributed by atoms with Gasteiger partial charge in [0.15, 0.2) is 0 Å². The normalized spacial score (nSPS) is 10.3. The largest absolute Gasteiger partial charge is 0.494 e. The second-order valence-electron chi connectivity index (χ2n) is 5.07. The van der Waals surface area contributed by atoms with Gasteiger partial charge in [-0.25, -0.2) is 0 Å². The van der Waals surface area contributed by atoms with Gasteiger partial charge in [0.1, 0.15) is 23.5 Å². The quantitative estimate of drug-likeness (QED) is 0.348. The fourth-order valence-electron chi connectivity index (χ4n) is 2.09. The molecule has 2 aromatic carbocycles. The minimum absolute atomic E-state index is 0.0811. The summed E-state index contributed by atoms with van der Waals surface area (Å²) in [6.45, 7) is 0. The molecule has 2 rings (SSSR count). The first-order chi connectivity index (χ1) is 13.0. The van der Waals surface area contributed by atoms with Crippen LogP contribution in [-0.4, -0.2) is 17.9 Å². The fraction of sp³-hybridized carbons (Fsp3) is 0.0556. The van der Waals surface area contributed by atoms with E-state index in [4.69, 9.17) is 10.00 Å². The second kappa shape index (κ2) is 8.65. The summed E-state index contributed by atoms with van der Waals surface area (Å²) in [5.74, 6) is -0.663. The summed E-state index contributed by atoms with van der Waals surface area (Å²) in [5.41, 5.74) is 0.502. The van der Waals surface area contributed by atoms with E-state index in [0.717, 1.165) is 6.07 Å². The topological polar surface area (TPSA) is 141 Å². The molecule has 0 aromatic heterocycles. The van der Waals surface area contributed by atoms with Crippen molar-refractivity contribution in [1.29, 1.82) is 10.5 Å². The molecule has 9 nitrogen and oxygen atoms in total. The molecule has 0 fully saturated rings. The first-order valence-corrected chi connectivity index (χ1v) is 7.50. The number of anilines is 2. The van der Waals surface area contributed by atoms with Crippen LogP contribution in [0.2, 0.25) is 0 Å². The van der Waals surface area contributed by atoms with Gasteiger partial charge in [-0.05, 0) is 18.2 Å². The molecule has 0 heterocycles. The number of carbonyl (C=O) groups excluding carboxylic acids is 1. The van der Waals surface area contributed by atoms with Crippen LogP contribution in [0.1, 0.15) is 5.56 Å². The third-order valence-corrected chi connectivity index (χ3v) is 3.43. The molecule has 0 saturated carbocycles. The number of hydrogen-bond acceptors (Lipinski definition) is 7. The molecule has 0 saturated heterocycles. The predicted octanol–water partition coefficient (Wildman–Crippen LogP) is 2.93. The molecule has 9 heteroatoms. The number of ether oxygens (including phenoxy) is 1. The molecule has 0 aliphatic carbocycles. The lowest BCUT2D eigenvalue weighted by atomic mass is 10.2. The van der Waals surface area contributed by atoms with Gasteiger partial charge < -0.3 is 15.4 Å². The van der Waals surface area contributed by atoms with Crippen molar-refractivity contribution in [2.24, 2.45) is 0 Å². The molecule has 0 unspecified atom stereocenters. The number of nitro groups is 1. The Hall–Kier alpha value is -4.37.